The first-order valence-corrected chi connectivity index (χ1v) is 6.29. The van der Waals surface area contributed by atoms with Gasteiger partial charge in [-0.05, 0) is 18.4 Å². The Morgan fingerprint density at radius 2 is 1.94 bits per heavy atom. The second kappa shape index (κ2) is 5.15. The predicted octanol–water partition coefficient (Wildman–Crippen LogP) is 4.14. The number of benzene rings is 1. The first-order chi connectivity index (χ1) is 7.66. The maximum absolute atomic E-state index is 5.90. The minimum absolute atomic E-state index is 0.463. The van der Waals surface area contributed by atoms with Crippen molar-refractivity contribution in [3.63, 3.8) is 0 Å². The summed E-state index contributed by atoms with van der Waals surface area (Å²) in [6.45, 7) is 0.701. The molecule has 2 rings (SSSR count). The largest absolute Gasteiger partial charge is 0.491 e. The quantitative estimate of drug-likeness (QED) is 0.825. The number of hydrogen-bond donors (Lipinski definition) is 1. The topological polar surface area (TPSA) is 35.2 Å². The SMILES string of the molecule is Nc1cc(Cl)c(Cl)cc1OCCC1CCC1. The van der Waals surface area contributed by atoms with E-state index in [9.17, 15) is 0 Å². The fourth-order valence-corrected chi connectivity index (χ4v) is 2.11. The number of nitrogen functional groups attached to an aromatic ring is 1. The zero-order valence-corrected chi connectivity index (χ0v) is 10.5. The van der Waals surface area contributed by atoms with Gasteiger partial charge in [0.1, 0.15) is 5.75 Å². The summed E-state index contributed by atoms with van der Waals surface area (Å²) in [7, 11) is 0. The molecule has 0 aliphatic heterocycles. The molecular weight excluding hydrogens is 245 g/mol. The van der Waals surface area contributed by atoms with Gasteiger partial charge in [0.05, 0.1) is 22.3 Å². The molecule has 0 aromatic heterocycles. The molecule has 0 radical (unpaired) electrons. The third-order valence-corrected chi connectivity index (χ3v) is 3.78. The van der Waals surface area contributed by atoms with Crippen LogP contribution in [-0.2, 0) is 0 Å². The van der Waals surface area contributed by atoms with Crippen LogP contribution in [0.4, 0.5) is 5.69 Å². The molecule has 0 spiro atoms. The van der Waals surface area contributed by atoms with Crippen LogP contribution in [0.5, 0.6) is 5.75 Å². The van der Waals surface area contributed by atoms with Gasteiger partial charge in [-0.1, -0.05) is 42.5 Å². The van der Waals surface area contributed by atoms with Crippen LogP contribution in [0.15, 0.2) is 12.1 Å². The van der Waals surface area contributed by atoms with E-state index in [-0.39, 0.29) is 0 Å². The first kappa shape index (κ1) is 11.9. The first-order valence-electron chi connectivity index (χ1n) is 5.54. The van der Waals surface area contributed by atoms with E-state index in [4.69, 9.17) is 33.7 Å². The van der Waals surface area contributed by atoms with Gasteiger partial charge in [0.2, 0.25) is 0 Å². The Balaban J connectivity index is 1.90. The van der Waals surface area contributed by atoms with E-state index >= 15 is 0 Å². The van der Waals surface area contributed by atoms with Gasteiger partial charge in [0.15, 0.2) is 0 Å². The number of ether oxygens (including phenoxy) is 1. The lowest BCUT2D eigenvalue weighted by Gasteiger charge is -2.25. The molecule has 0 unspecified atom stereocenters. The molecule has 1 fully saturated rings. The zero-order chi connectivity index (χ0) is 11.5. The number of rotatable bonds is 4. The summed E-state index contributed by atoms with van der Waals surface area (Å²) in [5, 5.41) is 0.944. The van der Waals surface area contributed by atoms with Crippen LogP contribution in [0.25, 0.3) is 0 Å². The second-order valence-electron chi connectivity index (χ2n) is 4.24. The zero-order valence-electron chi connectivity index (χ0n) is 9.01. The van der Waals surface area contributed by atoms with Gasteiger partial charge >= 0.3 is 0 Å². The Morgan fingerprint density at radius 3 is 2.56 bits per heavy atom. The van der Waals surface area contributed by atoms with E-state index in [1.54, 1.807) is 12.1 Å². The maximum Gasteiger partial charge on any atom is 0.143 e. The van der Waals surface area contributed by atoms with Gasteiger partial charge in [-0.3, -0.25) is 0 Å². The van der Waals surface area contributed by atoms with Gasteiger partial charge in [-0.25, -0.2) is 0 Å². The highest BCUT2D eigenvalue weighted by atomic mass is 35.5. The van der Waals surface area contributed by atoms with E-state index in [1.165, 1.54) is 19.3 Å². The van der Waals surface area contributed by atoms with Crippen molar-refractivity contribution in [3.05, 3.63) is 22.2 Å². The lowest BCUT2D eigenvalue weighted by molar-refractivity contribution is 0.222. The summed E-state index contributed by atoms with van der Waals surface area (Å²) < 4.78 is 5.61. The average Bonchev–Trinajstić information content (AvgIpc) is 2.17. The minimum atomic E-state index is 0.463. The number of hydrogen-bond acceptors (Lipinski definition) is 2. The van der Waals surface area contributed by atoms with Crippen molar-refractivity contribution >= 4 is 28.9 Å². The van der Waals surface area contributed by atoms with E-state index < -0.39 is 0 Å². The van der Waals surface area contributed by atoms with Crippen LogP contribution in [0.3, 0.4) is 0 Å². The molecule has 4 heteroatoms. The summed E-state index contributed by atoms with van der Waals surface area (Å²) in [5.41, 5.74) is 6.33. The van der Waals surface area contributed by atoms with E-state index in [0.717, 1.165) is 12.3 Å². The molecule has 2 N–H and O–H groups in total. The molecule has 0 heterocycles. The van der Waals surface area contributed by atoms with Crippen molar-refractivity contribution in [1.82, 2.24) is 0 Å². The normalized spacial score (nSPS) is 15.9. The Labute approximate surface area is 106 Å². The highest BCUT2D eigenvalue weighted by Crippen LogP contribution is 2.33. The van der Waals surface area contributed by atoms with Crippen LogP contribution in [-0.4, -0.2) is 6.61 Å². The van der Waals surface area contributed by atoms with Crippen molar-refractivity contribution in [2.75, 3.05) is 12.3 Å². The number of anilines is 1. The van der Waals surface area contributed by atoms with E-state index in [2.05, 4.69) is 0 Å². The van der Waals surface area contributed by atoms with Crippen molar-refractivity contribution in [2.24, 2.45) is 5.92 Å². The van der Waals surface area contributed by atoms with Gasteiger partial charge in [0, 0.05) is 6.07 Å². The molecule has 1 aromatic carbocycles. The van der Waals surface area contributed by atoms with E-state index in [1.807, 2.05) is 0 Å². The van der Waals surface area contributed by atoms with Crippen molar-refractivity contribution in [3.8, 4) is 5.75 Å². The van der Waals surface area contributed by atoms with Gasteiger partial charge in [-0.15, -0.1) is 0 Å². The third-order valence-electron chi connectivity index (χ3n) is 3.06. The van der Waals surface area contributed by atoms with Crippen LogP contribution in [0, 0.1) is 5.92 Å². The monoisotopic (exact) mass is 259 g/mol. The minimum Gasteiger partial charge on any atom is -0.491 e. The fourth-order valence-electron chi connectivity index (χ4n) is 1.79. The van der Waals surface area contributed by atoms with Crippen LogP contribution in [0.1, 0.15) is 25.7 Å². The summed E-state index contributed by atoms with van der Waals surface area (Å²) in [6.07, 6.45) is 5.12. The third kappa shape index (κ3) is 2.74. The van der Waals surface area contributed by atoms with Gasteiger partial charge < -0.3 is 10.5 Å². The Hall–Kier alpha value is -0.600. The summed E-state index contributed by atoms with van der Waals surface area (Å²) >= 11 is 11.7. The van der Waals surface area contributed by atoms with Gasteiger partial charge in [-0.2, -0.15) is 0 Å². The average molecular weight is 260 g/mol. The fraction of sp³-hybridized carbons (Fsp3) is 0.500. The Morgan fingerprint density at radius 1 is 1.25 bits per heavy atom. The Bertz CT molecular complexity index is 378. The molecular formula is C12H15Cl2NO. The highest BCUT2D eigenvalue weighted by molar-refractivity contribution is 6.42. The molecule has 2 nitrogen and oxygen atoms in total. The molecule has 0 atom stereocenters. The molecule has 1 aliphatic carbocycles. The second-order valence-corrected chi connectivity index (χ2v) is 5.05. The van der Waals surface area contributed by atoms with E-state index in [0.29, 0.717) is 28.1 Å². The standard InChI is InChI=1S/C12H15Cl2NO/c13-9-6-11(15)12(7-10(9)14)16-5-4-8-2-1-3-8/h6-8H,1-5,15H2. The van der Waals surface area contributed by atoms with Crippen LogP contribution < -0.4 is 10.5 Å². The van der Waals surface area contributed by atoms with Crippen LogP contribution in [0.2, 0.25) is 10.0 Å². The number of halogens is 2. The Kier molecular flexibility index (Phi) is 3.82. The predicted molar refractivity (Wildman–Crippen MR) is 68.3 cm³/mol. The summed E-state index contributed by atoms with van der Waals surface area (Å²) in [6, 6.07) is 3.31. The summed E-state index contributed by atoms with van der Waals surface area (Å²) in [4.78, 5) is 0. The molecule has 88 valence electrons. The smallest absolute Gasteiger partial charge is 0.143 e. The molecule has 0 saturated heterocycles. The lowest BCUT2D eigenvalue weighted by atomic mass is 9.83. The maximum atomic E-state index is 5.90. The summed E-state index contributed by atoms with van der Waals surface area (Å²) in [5.74, 6) is 1.47. The molecule has 0 amide bonds. The molecule has 0 bridgehead atoms. The van der Waals surface area contributed by atoms with Gasteiger partial charge in [0.25, 0.3) is 0 Å². The van der Waals surface area contributed by atoms with Crippen molar-refractivity contribution in [1.29, 1.82) is 0 Å². The molecule has 1 aromatic rings. The molecule has 1 aliphatic rings. The highest BCUT2D eigenvalue weighted by Gasteiger charge is 2.17. The van der Waals surface area contributed by atoms with Crippen molar-refractivity contribution in [2.45, 2.75) is 25.7 Å². The van der Waals surface area contributed by atoms with Crippen molar-refractivity contribution < 1.29 is 4.74 Å². The molecule has 1 saturated carbocycles. The van der Waals surface area contributed by atoms with Crippen LogP contribution >= 0.6 is 23.2 Å². The lowest BCUT2D eigenvalue weighted by Crippen LogP contribution is -2.14. The number of nitrogens with two attached hydrogens (primary N) is 1. The molecule has 16 heavy (non-hydrogen) atoms.